The minimum Gasteiger partial charge on any atom is -0.485 e. The molecule has 1 aromatic carbocycles. The predicted octanol–water partition coefficient (Wildman–Crippen LogP) is 5.53. The highest BCUT2D eigenvalue weighted by atomic mass is 16.5. The normalized spacial score (nSPS) is 12.1. The van der Waals surface area contributed by atoms with E-state index >= 15 is 0 Å². The molecule has 0 unspecified atom stereocenters. The van der Waals surface area contributed by atoms with Gasteiger partial charge in [0.1, 0.15) is 24.5 Å². The van der Waals surface area contributed by atoms with E-state index in [0.29, 0.717) is 18.0 Å². The third-order valence-electron chi connectivity index (χ3n) is 6.55. The molecule has 0 radical (unpaired) electrons. The summed E-state index contributed by atoms with van der Waals surface area (Å²) in [6.07, 6.45) is 4.54. The van der Waals surface area contributed by atoms with Crippen molar-refractivity contribution >= 4 is 17.8 Å². The van der Waals surface area contributed by atoms with E-state index in [0.717, 1.165) is 24.6 Å². The van der Waals surface area contributed by atoms with Gasteiger partial charge in [0, 0.05) is 35.3 Å². The van der Waals surface area contributed by atoms with Crippen LogP contribution in [0, 0.1) is 16.2 Å². The van der Waals surface area contributed by atoms with Crippen molar-refractivity contribution in [3.05, 3.63) is 90.4 Å². The van der Waals surface area contributed by atoms with Crippen LogP contribution in [0.2, 0.25) is 0 Å². The Balaban J connectivity index is 1.90. The van der Waals surface area contributed by atoms with E-state index < -0.39 is 17.9 Å². The number of pyridine rings is 1. The fourth-order valence-corrected chi connectivity index (χ4v) is 4.62. The van der Waals surface area contributed by atoms with E-state index in [1.54, 1.807) is 22.7 Å². The molecular weight excluding hydrogens is 514 g/mol. The summed E-state index contributed by atoms with van der Waals surface area (Å²) in [4.78, 5) is 34.5. The molecular formula is C26H31N11O3. The lowest BCUT2D eigenvalue weighted by molar-refractivity contribution is 0.0927. The molecule has 0 spiro atoms. The van der Waals surface area contributed by atoms with Crippen LogP contribution in [0.4, 0.5) is 0 Å². The minimum atomic E-state index is -0.737. The van der Waals surface area contributed by atoms with Gasteiger partial charge < -0.3 is 15.5 Å². The van der Waals surface area contributed by atoms with E-state index in [4.69, 9.17) is 21.2 Å². The highest BCUT2D eigenvalue weighted by Crippen LogP contribution is 2.25. The van der Waals surface area contributed by atoms with Crippen LogP contribution in [0.15, 0.2) is 51.9 Å². The number of amides is 1. The topological polar surface area (TPSA) is 206 Å². The Bertz CT molecular complexity index is 1410. The van der Waals surface area contributed by atoms with Crippen LogP contribution >= 0.6 is 0 Å². The number of carbonyl (C=O) groups excluding carboxylic acids is 1. The Morgan fingerprint density at radius 3 is 2.38 bits per heavy atom. The number of azide groups is 2. The lowest BCUT2D eigenvalue weighted by Crippen LogP contribution is -2.40. The van der Waals surface area contributed by atoms with Gasteiger partial charge in [-0.2, -0.15) is 4.91 Å². The number of nitrogens with zero attached hydrogens (tertiary/aromatic N) is 9. The molecule has 0 saturated carbocycles. The first-order valence-electron chi connectivity index (χ1n) is 12.9. The molecule has 2 aromatic heterocycles. The van der Waals surface area contributed by atoms with Crippen molar-refractivity contribution in [3.8, 4) is 5.75 Å². The van der Waals surface area contributed by atoms with E-state index in [-0.39, 0.29) is 37.4 Å². The number of nitroso groups, excluding NO2 is 1. The molecule has 208 valence electrons. The number of fused-ring (bicyclic) bond motifs is 1. The number of carbonyl (C=O) groups is 1. The quantitative estimate of drug-likeness (QED) is 0.0782. The SMILES string of the molecule is CCc1cccc(CC)c1COc1cccn2c(C(=O)N[C@@H](CN=O)CC(CN=[N+]=[N-])CN=[N+]=[N-])c(C=N)nc12. The average molecular weight is 546 g/mol. The first-order chi connectivity index (χ1) is 19.5. The number of aromatic nitrogens is 2. The van der Waals surface area contributed by atoms with Crippen LogP contribution in [-0.4, -0.2) is 47.2 Å². The van der Waals surface area contributed by atoms with Crippen molar-refractivity contribution in [2.24, 2.45) is 21.3 Å². The Morgan fingerprint density at radius 1 is 1.12 bits per heavy atom. The summed E-state index contributed by atoms with van der Waals surface area (Å²) < 4.78 is 7.75. The number of ether oxygens (including phenoxy) is 1. The summed E-state index contributed by atoms with van der Waals surface area (Å²) in [6, 6.07) is 8.95. The molecule has 1 atom stereocenters. The first kappa shape index (κ1) is 29.6. The molecule has 2 heterocycles. The summed E-state index contributed by atoms with van der Waals surface area (Å²) >= 11 is 0. The molecule has 14 heteroatoms. The molecule has 14 nitrogen and oxygen atoms in total. The Morgan fingerprint density at radius 2 is 1.80 bits per heavy atom. The van der Waals surface area contributed by atoms with E-state index in [2.05, 4.69) is 61.5 Å². The minimum absolute atomic E-state index is 0.0176. The molecule has 1 amide bonds. The summed E-state index contributed by atoms with van der Waals surface area (Å²) in [5, 5.41) is 20.6. The summed E-state index contributed by atoms with van der Waals surface area (Å²) in [6.45, 7) is 4.30. The summed E-state index contributed by atoms with van der Waals surface area (Å²) in [5.74, 6) is -0.539. The molecule has 0 aliphatic rings. The highest BCUT2D eigenvalue weighted by Gasteiger charge is 2.25. The second-order valence-corrected chi connectivity index (χ2v) is 9.02. The van der Waals surface area contributed by atoms with Crippen LogP contribution in [0.5, 0.6) is 5.75 Å². The molecule has 2 N–H and O–H groups in total. The zero-order chi connectivity index (χ0) is 28.9. The van der Waals surface area contributed by atoms with Gasteiger partial charge in [-0.1, -0.05) is 47.5 Å². The number of hydrogen-bond acceptors (Lipinski definition) is 8. The van der Waals surface area contributed by atoms with Gasteiger partial charge in [0.2, 0.25) is 0 Å². The van der Waals surface area contributed by atoms with E-state index in [9.17, 15) is 9.70 Å². The van der Waals surface area contributed by atoms with Crippen molar-refractivity contribution in [2.75, 3.05) is 19.6 Å². The molecule has 0 aliphatic carbocycles. The fraction of sp³-hybridized carbons (Fsp3) is 0.423. The molecule has 40 heavy (non-hydrogen) atoms. The smallest absolute Gasteiger partial charge is 0.270 e. The fourth-order valence-electron chi connectivity index (χ4n) is 4.62. The standard InChI is InChI=1S/C26H31N11O3/c1-3-18-7-5-8-19(4-2)21(18)16-40-23-9-6-10-37-24(22(12-27)34-25(23)37)26(38)33-20(15-32-39)11-17(13-30-35-28)14-31-36-29/h5-10,12,17,20,27H,3-4,11,13-16H2,1-2H3,(H,33,38)/t20-/m1/s1. The van der Waals surface area contributed by atoms with Crippen molar-refractivity contribution in [2.45, 2.75) is 45.8 Å². The maximum atomic E-state index is 13.4. The van der Waals surface area contributed by atoms with Gasteiger partial charge >= 0.3 is 0 Å². The zero-order valence-electron chi connectivity index (χ0n) is 22.4. The monoisotopic (exact) mass is 545 g/mol. The third-order valence-corrected chi connectivity index (χ3v) is 6.55. The number of rotatable bonds is 16. The highest BCUT2D eigenvalue weighted by molar-refractivity contribution is 6.01. The van der Waals surface area contributed by atoms with Gasteiger partial charge in [0.15, 0.2) is 11.4 Å². The molecule has 0 saturated heterocycles. The molecule has 3 rings (SSSR count). The van der Waals surface area contributed by atoms with Gasteiger partial charge in [-0.15, -0.1) is 0 Å². The zero-order valence-corrected chi connectivity index (χ0v) is 22.4. The van der Waals surface area contributed by atoms with Crippen LogP contribution < -0.4 is 10.1 Å². The van der Waals surface area contributed by atoms with Crippen molar-refractivity contribution in [3.63, 3.8) is 0 Å². The number of hydrogen-bond donors (Lipinski definition) is 2. The molecule has 0 fully saturated rings. The number of nitrogens with one attached hydrogen (secondary N) is 2. The second kappa shape index (κ2) is 14.9. The summed E-state index contributed by atoms with van der Waals surface area (Å²) in [7, 11) is 0. The maximum Gasteiger partial charge on any atom is 0.270 e. The van der Waals surface area contributed by atoms with Gasteiger partial charge in [-0.05, 0) is 65.1 Å². The average Bonchev–Trinajstić information content (AvgIpc) is 3.36. The lowest BCUT2D eigenvalue weighted by Gasteiger charge is -2.20. The first-order valence-corrected chi connectivity index (χ1v) is 12.9. The number of benzene rings is 1. The van der Waals surface area contributed by atoms with E-state index in [1.165, 1.54) is 11.1 Å². The lowest BCUT2D eigenvalue weighted by atomic mass is 9.98. The third kappa shape index (κ3) is 7.13. The van der Waals surface area contributed by atoms with Crippen molar-refractivity contribution < 1.29 is 9.53 Å². The van der Waals surface area contributed by atoms with Crippen molar-refractivity contribution in [1.82, 2.24) is 14.7 Å². The van der Waals surface area contributed by atoms with Gasteiger partial charge in [-0.25, -0.2) is 4.98 Å². The summed E-state index contributed by atoms with van der Waals surface area (Å²) in [5.41, 5.74) is 21.4. The maximum absolute atomic E-state index is 13.4. The Kier molecular flexibility index (Phi) is 11.0. The number of aryl methyl sites for hydroxylation is 2. The predicted molar refractivity (Wildman–Crippen MR) is 151 cm³/mol. The molecule has 0 aliphatic heterocycles. The van der Waals surface area contributed by atoms with Gasteiger partial charge in [0.25, 0.3) is 5.91 Å². The van der Waals surface area contributed by atoms with E-state index in [1.807, 2.05) is 6.07 Å². The van der Waals surface area contributed by atoms with Crippen molar-refractivity contribution in [1.29, 1.82) is 5.41 Å². The van der Waals surface area contributed by atoms with Gasteiger partial charge in [0.05, 0.1) is 6.04 Å². The Hall–Kier alpha value is -4.93. The van der Waals surface area contributed by atoms with Crippen LogP contribution in [0.1, 0.15) is 53.1 Å². The largest absolute Gasteiger partial charge is 0.485 e. The second-order valence-electron chi connectivity index (χ2n) is 9.02. The number of imidazole rings is 1. The van der Waals surface area contributed by atoms with Crippen LogP contribution in [0.25, 0.3) is 26.5 Å². The van der Waals surface area contributed by atoms with Gasteiger partial charge in [-0.3, -0.25) is 9.20 Å². The Labute approximate surface area is 230 Å². The van der Waals surface area contributed by atoms with Crippen LogP contribution in [0.3, 0.4) is 0 Å². The van der Waals surface area contributed by atoms with Crippen LogP contribution in [-0.2, 0) is 19.4 Å². The molecule has 0 bridgehead atoms. The molecule has 3 aromatic rings.